The molecule has 1 aromatic carbocycles. The molecule has 0 spiro atoms. The molecule has 194 valence electrons. The summed E-state index contributed by atoms with van der Waals surface area (Å²) in [6.45, 7) is 2.51. The summed E-state index contributed by atoms with van der Waals surface area (Å²) in [4.78, 5) is 60.5. The molecule has 0 aliphatic heterocycles. The Labute approximate surface area is 202 Å². The van der Waals surface area contributed by atoms with Gasteiger partial charge >= 0.3 is 5.97 Å². The molecule has 35 heavy (non-hydrogen) atoms. The van der Waals surface area contributed by atoms with E-state index in [0.717, 1.165) is 0 Å². The summed E-state index contributed by atoms with van der Waals surface area (Å²) >= 11 is 0. The Kier molecular flexibility index (Phi) is 11.8. The van der Waals surface area contributed by atoms with Crippen molar-refractivity contribution in [3.05, 3.63) is 35.9 Å². The molecular weight excluding hydrogens is 462 g/mol. The second-order valence-electron chi connectivity index (χ2n) is 8.15. The van der Waals surface area contributed by atoms with Gasteiger partial charge in [0.05, 0.1) is 12.2 Å². The Morgan fingerprint density at radius 1 is 0.857 bits per heavy atom. The van der Waals surface area contributed by atoms with Crippen LogP contribution in [-0.2, 0) is 30.4 Å². The van der Waals surface area contributed by atoms with Crippen LogP contribution >= 0.6 is 0 Å². The maximum Gasteiger partial charge on any atom is 0.326 e. The summed E-state index contributed by atoms with van der Waals surface area (Å²) < 4.78 is 0. The van der Waals surface area contributed by atoms with Crippen molar-refractivity contribution in [1.29, 1.82) is 0 Å². The third-order valence-corrected chi connectivity index (χ3v) is 5.09. The minimum absolute atomic E-state index is 0.00451. The monoisotopic (exact) mass is 495 g/mol. The minimum atomic E-state index is -1.58. The first-order chi connectivity index (χ1) is 16.3. The average Bonchev–Trinajstić information content (AvgIpc) is 2.78. The van der Waals surface area contributed by atoms with E-state index in [0.29, 0.717) is 5.56 Å². The lowest BCUT2D eigenvalue weighted by molar-refractivity contribution is -0.143. The lowest BCUT2D eigenvalue weighted by Gasteiger charge is -2.27. The summed E-state index contributed by atoms with van der Waals surface area (Å²) in [5.74, 6) is -4.88. The Morgan fingerprint density at radius 2 is 1.43 bits per heavy atom. The molecule has 4 amide bonds. The molecule has 6 atom stereocenters. The fourth-order valence-corrected chi connectivity index (χ4v) is 3.01. The van der Waals surface area contributed by atoms with Crippen LogP contribution in [0.5, 0.6) is 0 Å². The molecule has 13 heteroatoms. The molecular formula is C22H33N5O8. The minimum Gasteiger partial charge on any atom is -0.480 e. The molecule has 0 saturated carbocycles. The van der Waals surface area contributed by atoms with Gasteiger partial charge in [-0.3, -0.25) is 19.2 Å². The number of aliphatic hydroxyl groups is 2. The van der Waals surface area contributed by atoms with Crippen LogP contribution in [0.1, 0.15) is 32.3 Å². The predicted octanol–water partition coefficient (Wildman–Crippen LogP) is -2.88. The van der Waals surface area contributed by atoms with Crippen LogP contribution in [0.2, 0.25) is 0 Å². The van der Waals surface area contributed by atoms with Crippen LogP contribution in [-0.4, -0.2) is 81.3 Å². The van der Waals surface area contributed by atoms with E-state index in [2.05, 4.69) is 16.0 Å². The van der Waals surface area contributed by atoms with Crippen LogP contribution < -0.4 is 27.4 Å². The number of nitrogens with two attached hydrogens (primary N) is 2. The zero-order chi connectivity index (χ0) is 26.7. The van der Waals surface area contributed by atoms with Gasteiger partial charge in [-0.05, 0) is 25.8 Å². The molecule has 0 fully saturated rings. The van der Waals surface area contributed by atoms with Gasteiger partial charge in [-0.15, -0.1) is 0 Å². The number of aliphatic hydroxyl groups excluding tert-OH is 2. The van der Waals surface area contributed by atoms with Crippen molar-refractivity contribution in [1.82, 2.24) is 16.0 Å². The van der Waals surface area contributed by atoms with Gasteiger partial charge in [-0.2, -0.15) is 0 Å². The van der Waals surface area contributed by atoms with E-state index < -0.39 is 66.0 Å². The average molecular weight is 496 g/mol. The number of nitrogens with one attached hydrogen (secondary N) is 3. The molecule has 0 saturated heterocycles. The zero-order valence-electron chi connectivity index (χ0n) is 19.5. The fourth-order valence-electron chi connectivity index (χ4n) is 3.01. The van der Waals surface area contributed by atoms with Crippen LogP contribution in [0.25, 0.3) is 0 Å². The summed E-state index contributed by atoms with van der Waals surface area (Å²) in [6.07, 6.45) is -3.24. The normalized spacial score (nSPS) is 16.0. The summed E-state index contributed by atoms with van der Waals surface area (Å²) in [5.41, 5.74) is 11.3. The molecule has 6 unspecified atom stereocenters. The van der Waals surface area contributed by atoms with Gasteiger partial charge in [0, 0.05) is 12.8 Å². The topological polar surface area (TPSA) is 234 Å². The van der Waals surface area contributed by atoms with Crippen molar-refractivity contribution in [2.75, 3.05) is 0 Å². The lowest BCUT2D eigenvalue weighted by atomic mass is 10.0. The largest absolute Gasteiger partial charge is 0.480 e. The summed E-state index contributed by atoms with van der Waals surface area (Å²) in [7, 11) is 0. The molecule has 0 aliphatic carbocycles. The third kappa shape index (κ3) is 10.1. The fraction of sp³-hybridized carbons (Fsp3) is 0.500. The smallest absolute Gasteiger partial charge is 0.326 e. The quantitative estimate of drug-likeness (QED) is 0.132. The van der Waals surface area contributed by atoms with Crippen molar-refractivity contribution in [2.45, 2.75) is 69.5 Å². The number of hydrogen-bond acceptors (Lipinski definition) is 8. The van der Waals surface area contributed by atoms with E-state index in [1.165, 1.54) is 13.8 Å². The number of hydrogen-bond donors (Lipinski definition) is 8. The maximum atomic E-state index is 13.0. The van der Waals surface area contributed by atoms with Gasteiger partial charge in [0.1, 0.15) is 24.2 Å². The van der Waals surface area contributed by atoms with E-state index in [1.807, 2.05) is 0 Å². The number of carbonyl (C=O) groups is 5. The molecule has 1 aromatic rings. The SMILES string of the molecule is CC(O)C(N)C(=O)NC(Cc1ccccc1)C(=O)NC(C(=O)NC(CCC(N)=O)C(=O)O)C(C)O. The van der Waals surface area contributed by atoms with Crippen LogP contribution in [0.3, 0.4) is 0 Å². The first-order valence-electron chi connectivity index (χ1n) is 10.9. The standard InChI is InChI=1S/C22H33N5O8/c1-11(28)17(24)20(32)26-15(10-13-6-4-3-5-7-13)19(31)27-18(12(2)29)21(33)25-14(22(34)35)8-9-16(23)30/h3-7,11-12,14-15,17-18,28-29H,8-10,24H2,1-2H3,(H2,23,30)(H,25,33)(H,26,32)(H,27,31)(H,34,35). The third-order valence-electron chi connectivity index (χ3n) is 5.09. The molecule has 10 N–H and O–H groups in total. The predicted molar refractivity (Wildman–Crippen MR) is 123 cm³/mol. The lowest BCUT2D eigenvalue weighted by Crippen LogP contribution is -2.60. The Hall–Kier alpha value is -3.55. The van der Waals surface area contributed by atoms with Gasteiger partial charge in [0.15, 0.2) is 0 Å². The van der Waals surface area contributed by atoms with E-state index in [1.54, 1.807) is 30.3 Å². The molecule has 0 bridgehead atoms. The van der Waals surface area contributed by atoms with E-state index in [4.69, 9.17) is 11.5 Å². The number of aliphatic carboxylic acids is 1. The van der Waals surface area contributed by atoms with Gasteiger partial charge in [0.25, 0.3) is 0 Å². The van der Waals surface area contributed by atoms with E-state index in [9.17, 15) is 39.3 Å². The Balaban J connectivity index is 3.05. The number of carbonyl (C=O) groups excluding carboxylic acids is 4. The molecule has 0 radical (unpaired) electrons. The molecule has 0 aromatic heterocycles. The number of amides is 4. The highest BCUT2D eigenvalue weighted by Crippen LogP contribution is 2.06. The van der Waals surface area contributed by atoms with Crippen LogP contribution in [0.15, 0.2) is 30.3 Å². The Morgan fingerprint density at radius 3 is 1.91 bits per heavy atom. The molecule has 0 heterocycles. The first-order valence-corrected chi connectivity index (χ1v) is 10.9. The van der Waals surface area contributed by atoms with Crippen molar-refractivity contribution in [3.8, 4) is 0 Å². The summed E-state index contributed by atoms with van der Waals surface area (Å²) in [6, 6.07) is 2.97. The first kappa shape index (κ1) is 29.5. The highest BCUT2D eigenvalue weighted by atomic mass is 16.4. The number of carboxylic acid groups (broad SMARTS) is 1. The number of primary amides is 1. The van der Waals surface area contributed by atoms with Gasteiger partial charge < -0.3 is 42.7 Å². The van der Waals surface area contributed by atoms with E-state index in [-0.39, 0.29) is 19.3 Å². The Bertz CT molecular complexity index is 893. The number of benzene rings is 1. The second-order valence-corrected chi connectivity index (χ2v) is 8.15. The van der Waals surface area contributed by atoms with E-state index >= 15 is 0 Å². The summed E-state index contributed by atoms with van der Waals surface area (Å²) in [5, 5.41) is 35.9. The zero-order valence-corrected chi connectivity index (χ0v) is 19.5. The van der Waals surface area contributed by atoms with Crippen molar-refractivity contribution in [2.24, 2.45) is 11.5 Å². The highest BCUT2D eigenvalue weighted by Gasteiger charge is 2.33. The molecule has 0 aliphatic rings. The molecule has 13 nitrogen and oxygen atoms in total. The van der Waals surface area contributed by atoms with Gasteiger partial charge in [-0.1, -0.05) is 30.3 Å². The van der Waals surface area contributed by atoms with Crippen LogP contribution in [0, 0.1) is 0 Å². The number of rotatable bonds is 14. The van der Waals surface area contributed by atoms with Gasteiger partial charge in [0.2, 0.25) is 23.6 Å². The van der Waals surface area contributed by atoms with Crippen molar-refractivity contribution < 1.29 is 39.3 Å². The van der Waals surface area contributed by atoms with Crippen molar-refractivity contribution >= 4 is 29.6 Å². The maximum absolute atomic E-state index is 13.0. The second kappa shape index (κ2) is 14.0. The molecule has 1 rings (SSSR count). The highest BCUT2D eigenvalue weighted by molar-refractivity contribution is 5.94. The van der Waals surface area contributed by atoms with Gasteiger partial charge in [-0.25, -0.2) is 4.79 Å². The van der Waals surface area contributed by atoms with Crippen LogP contribution in [0.4, 0.5) is 0 Å². The number of carboxylic acids is 1. The van der Waals surface area contributed by atoms with Crippen molar-refractivity contribution in [3.63, 3.8) is 0 Å².